The highest BCUT2D eigenvalue weighted by Crippen LogP contribution is 2.27. The quantitative estimate of drug-likeness (QED) is 0.319. The Morgan fingerprint density at radius 1 is 1.17 bits per heavy atom. The molecule has 2 N–H and O–H groups in total. The Balaban J connectivity index is 1.85. The van der Waals surface area contributed by atoms with E-state index < -0.39 is 42.1 Å². The molecule has 168 valence electrons. The molecular weight excluding hydrogens is 392 g/mol. The third-order valence-electron chi connectivity index (χ3n) is 4.05. The van der Waals surface area contributed by atoms with Crippen molar-refractivity contribution in [3.63, 3.8) is 0 Å². The van der Waals surface area contributed by atoms with Gasteiger partial charge < -0.3 is 24.3 Å². The first kappa shape index (κ1) is 24.1. The maximum atomic E-state index is 12.3. The van der Waals surface area contributed by atoms with Crippen LogP contribution in [0.3, 0.4) is 0 Å². The molecule has 1 saturated heterocycles. The van der Waals surface area contributed by atoms with Crippen molar-refractivity contribution in [2.24, 2.45) is 0 Å². The molecule has 1 fully saturated rings. The second kappa shape index (κ2) is 11.3. The molecule has 2 rings (SSSR count). The zero-order chi connectivity index (χ0) is 22.1. The summed E-state index contributed by atoms with van der Waals surface area (Å²) in [6, 6.07) is 8.86. The SMILES string of the molecule is CCOC(C)OC[C@@H](NC(=O)OC(C)(C)C)[C@H]1O[C@H]1C(=O)NOCc1ccccc1. The van der Waals surface area contributed by atoms with Crippen molar-refractivity contribution in [3.8, 4) is 0 Å². The Labute approximate surface area is 177 Å². The molecule has 0 aliphatic carbocycles. The van der Waals surface area contributed by atoms with Gasteiger partial charge in [0.2, 0.25) is 0 Å². The van der Waals surface area contributed by atoms with Crippen LogP contribution in [0.1, 0.15) is 40.2 Å². The zero-order valence-corrected chi connectivity index (χ0v) is 18.2. The molecule has 2 amide bonds. The van der Waals surface area contributed by atoms with Crippen molar-refractivity contribution < 1.29 is 33.4 Å². The van der Waals surface area contributed by atoms with Crippen LogP contribution in [-0.4, -0.2) is 55.4 Å². The van der Waals surface area contributed by atoms with E-state index in [1.165, 1.54) is 0 Å². The van der Waals surface area contributed by atoms with Gasteiger partial charge in [-0.15, -0.1) is 0 Å². The lowest BCUT2D eigenvalue weighted by atomic mass is 10.1. The van der Waals surface area contributed by atoms with Crippen molar-refractivity contribution in [1.29, 1.82) is 0 Å². The minimum atomic E-state index is -0.758. The summed E-state index contributed by atoms with van der Waals surface area (Å²) in [5.41, 5.74) is 2.65. The highest BCUT2D eigenvalue weighted by molar-refractivity contribution is 5.83. The van der Waals surface area contributed by atoms with Gasteiger partial charge in [0.05, 0.1) is 19.3 Å². The van der Waals surface area contributed by atoms with E-state index >= 15 is 0 Å². The number of ether oxygens (including phenoxy) is 4. The summed E-state index contributed by atoms with van der Waals surface area (Å²) in [5.74, 6) is -0.426. The van der Waals surface area contributed by atoms with Crippen molar-refractivity contribution in [2.75, 3.05) is 13.2 Å². The van der Waals surface area contributed by atoms with Crippen LogP contribution < -0.4 is 10.8 Å². The Kier molecular flexibility index (Phi) is 9.04. The van der Waals surface area contributed by atoms with Gasteiger partial charge in [0.25, 0.3) is 5.91 Å². The molecule has 0 radical (unpaired) electrons. The molecule has 30 heavy (non-hydrogen) atoms. The van der Waals surface area contributed by atoms with Gasteiger partial charge in [-0.1, -0.05) is 30.3 Å². The molecule has 9 nitrogen and oxygen atoms in total. The molecule has 1 aliphatic heterocycles. The van der Waals surface area contributed by atoms with Gasteiger partial charge in [0, 0.05) is 6.61 Å². The number of benzene rings is 1. The lowest BCUT2D eigenvalue weighted by Gasteiger charge is -2.24. The van der Waals surface area contributed by atoms with Crippen molar-refractivity contribution in [1.82, 2.24) is 10.8 Å². The van der Waals surface area contributed by atoms with Crippen LogP contribution in [0.4, 0.5) is 4.79 Å². The number of hydrogen-bond donors (Lipinski definition) is 2. The van der Waals surface area contributed by atoms with Crippen LogP contribution in [0, 0.1) is 0 Å². The van der Waals surface area contributed by atoms with Gasteiger partial charge in [-0.05, 0) is 40.2 Å². The topological polar surface area (TPSA) is 108 Å². The Morgan fingerprint density at radius 2 is 1.87 bits per heavy atom. The third-order valence-corrected chi connectivity index (χ3v) is 4.05. The summed E-state index contributed by atoms with van der Waals surface area (Å²) < 4.78 is 21.7. The van der Waals surface area contributed by atoms with E-state index in [9.17, 15) is 9.59 Å². The molecule has 0 bridgehead atoms. The molecule has 0 aromatic heterocycles. The second-order valence-corrected chi connectivity index (χ2v) is 7.87. The maximum Gasteiger partial charge on any atom is 0.408 e. The van der Waals surface area contributed by atoms with Crippen molar-refractivity contribution >= 4 is 12.0 Å². The predicted octanol–water partition coefficient (Wildman–Crippen LogP) is 2.29. The van der Waals surface area contributed by atoms with E-state index in [2.05, 4.69) is 10.8 Å². The Bertz CT molecular complexity index is 678. The summed E-state index contributed by atoms with van der Waals surface area (Å²) in [4.78, 5) is 29.7. The molecule has 1 heterocycles. The summed E-state index contributed by atoms with van der Waals surface area (Å²) in [5, 5.41) is 2.71. The second-order valence-electron chi connectivity index (χ2n) is 7.87. The van der Waals surface area contributed by atoms with E-state index in [-0.39, 0.29) is 13.2 Å². The lowest BCUT2D eigenvalue weighted by Crippen LogP contribution is -2.46. The fourth-order valence-electron chi connectivity index (χ4n) is 2.66. The zero-order valence-electron chi connectivity index (χ0n) is 18.2. The number of hydroxylamine groups is 1. The normalized spacial score (nSPS) is 20.2. The fraction of sp³-hybridized carbons (Fsp3) is 0.619. The van der Waals surface area contributed by atoms with E-state index in [0.717, 1.165) is 5.56 Å². The smallest absolute Gasteiger partial charge is 0.408 e. The van der Waals surface area contributed by atoms with E-state index in [0.29, 0.717) is 6.61 Å². The van der Waals surface area contributed by atoms with Gasteiger partial charge in [-0.2, -0.15) is 0 Å². The van der Waals surface area contributed by atoms with Gasteiger partial charge >= 0.3 is 6.09 Å². The Morgan fingerprint density at radius 3 is 2.50 bits per heavy atom. The average Bonchev–Trinajstić information content (AvgIpc) is 3.45. The summed E-state index contributed by atoms with van der Waals surface area (Å²) in [6.45, 7) is 9.74. The number of amides is 2. The first-order valence-electron chi connectivity index (χ1n) is 10.0. The first-order valence-corrected chi connectivity index (χ1v) is 10.0. The van der Waals surface area contributed by atoms with Gasteiger partial charge in [0.1, 0.15) is 11.7 Å². The molecule has 4 atom stereocenters. The largest absolute Gasteiger partial charge is 0.444 e. The molecule has 0 saturated carbocycles. The van der Waals surface area contributed by atoms with E-state index in [1.54, 1.807) is 27.7 Å². The van der Waals surface area contributed by atoms with Crippen LogP contribution in [-0.2, 0) is 35.2 Å². The highest BCUT2D eigenvalue weighted by Gasteiger charge is 2.51. The average molecular weight is 424 g/mol. The summed E-state index contributed by atoms with van der Waals surface area (Å²) in [7, 11) is 0. The number of carbonyl (C=O) groups is 2. The number of carbonyl (C=O) groups excluding carboxylic acids is 2. The van der Waals surface area contributed by atoms with Gasteiger partial charge in [0.15, 0.2) is 12.4 Å². The number of alkyl carbamates (subject to hydrolysis) is 1. The van der Waals surface area contributed by atoms with Crippen LogP contribution in [0.15, 0.2) is 30.3 Å². The van der Waals surface area contributed by atoms with Gasteiger partial charge in [-0.3, -0.25) is 9.63 Å². The van der Waals surface area contributed by atoms with Crippen molar-refractivity contribution in [3.05, 3.63) is 35.9 Å². The molecule has 9 heteroatoms. The highest BCUT2D eigenvalue weighted by atomic mass is 16.7. The number of hydrogen-bond acceptors (Lipinski definition) is 7. The van der Waals surface area contributed by atoms with Crippen LogP contribution in [0.5, 0.6) is 0 Å². The standard InChI is InChI=1S/C21H32N2O7/c1-6-26-14(2)27-13-16(22-20(25)30-21(3,4)5)17-18(29-17)19(24)23-28-12-15-10-8-7-9-11-15/h7-11,14,16-18H,6,12-13H2,1-5H3,(H,22,25)(H,23,24)/t14?,16-,17-,18-/m1/s1. The number of rotatable bonds is 11. The van der Waals surface area contributed by atoms with Crippen LogP contribution >= 0.6 is 0 Å². The first-order chi connectivity index (χ1) is 14.2. The van der Waals surface area contributed by atoms with E-state index in [1.807, 2.05) is 37.3 Å². The van der Waals surface area contributed by atoms with Crippen molar-refractivity contribution in [2.45, 2.75) is 71.4 Å². The summed E-state index contributed by atoms with van der Waals surface area (Å²) in [6.07, 6.45) is -2.40. The number of epoxide rings is 1. The maximum absolute atomic E-state index is 12.3. The molecule has 1 aromatic rings. The Hall–Kier alpha value is -2.20. The molecule has 0 spiro atoms. The molecular formula is C21H32N2O7. The van der Waals surface area contributed by atoms with Gasteiger partial charge in [-0.25, -0.2) is 10.3 Å². The van der Waals surface area contributed by atoms with Crippen LogP contribution in [0.2, 0.25) is 0 Å². The fourth-order valence-corrected chi connectivity index (χ4v) is 2.66. The minimum Gasteiger partial charge on any atom is -0.444 e. The predicted molar refractivity (Wildman–Crippen MR) is 108 cm³/mol. The number of nitrogens with one attached hydrogen (secondary N) is 2. The lowest BCUT2D eigenvalue weighted by molar-refractivity contribution is -0.136. The molecule has 1 unspecified atom stereocenters. The summed E-state index contributed by atoms with van der Waals surface area (Å²) >= 11 is 0. The molecule has 1 aromatic carbocycles. The van der Waals surface area contributed by atoms with E-state index in [4.69, 9.17) is 23.8 Å². The third kappa shape index (κ3) is 8.66. The minimum absolute atomic E-state index is 0.0970. The molecule has 1 aliphatic rings. The van der Waals surface area contributed by atoms with Crippen LogP contribution in [0.25, 0.3) is 0 Å². The monoisotopic (exact) mass is 424 g/mol.